The van der Waals surface area contributed by atoms with Gasteiger partial charge in [0.15, 0.2) is 10.8 Å². The van der Waals surface area contributed by atoms with E-state index in [1.54, 1.807) is 0 Å². The van der Waals surface area contributed by atoms with Crippen molar-refractivity contribution in [3.05, 3.63) is 23.1 Å². The Hall–Kier alpha value is -1.74. The SMILES string of the molecule is COCc1nc(N)cc(-c2cnc(C(F)(F)F)s2)n1. The maximum Gasteiger partial charge on any atom is 0.443 e. The Kier molecular flexibility index (Phi) is 3.67. The van der Waals surface area contributed by atoms with Gasteiger partial charge < -0.3 is 10.5 Å². The van der Waals surface area contributed by atoms with Crippen molar-refractivity contribution in [1.82, 2.24) is 15.0 Å². The Morgan fingerprint density at radius 2 is 2.11 bits per heavy atom. The summed E-state index contributed by atoms with van der Waals surface area (Å²) in [6.07, 6.45) is -3.34. The molecule has 19 heavy (non-hydrogen) atoms. The molecule has 0 saturated heterocycles. The fraction of sp³-hybridized carbons (Fsp3) is 0.300. The fourth-order valence-corrected chi connectivity index (χ4v) is 2.11. The maximum absolute atomic E-state index is 12.5. The molecule has 0 radical (unpaired) electrons. The van der Waals surface area contributed by atoms with E-state index in [9.17, 15) is 13.2 Å². The molecule has 5 nitrogen and oxygen atoms in total. The van der Waals surface area contributed by atoms with Crippen LogP contribution in [0.1, 0.15) is 10.8 Å². The average molecular weight is 290 g/mol. The van der Waals surface area contributed by atoms with Gasteiger partial charge in [-0.1, -0.05) is 0 Å². The van der Waals surface area contributed by atoms with Crippen LogP contribution in [0.3, 0.4) is 0 Å². The minimum absolute atomic E-state index is 0.128. The van der Waals surface area contributed by atoms with Crippen molar-refractivity contribution in [2.24, 2.45) is 0 Å². The first kappa shape index (κ1) is 13.7. The standard InChI is InChI=1S/C10H9F3N4OS/c1-18-4-8-16-5(2-7(14)17-8)6-3-15-9(19-6)10(11,12)13/h2-3H,4H2,1H3,(H2,14,16,17). The number of rotatable bonds is 3. The van der Waals surface area contributed by atoms with Gasteiger partial charge in [-0.15, -0.1) is 11.3 Å². The molecule has 0 aliphatic carbocycles. The van der Waals surface area contributed by atoms with Gasteiger partial charge in [0, 0.05) is 19.4 Å². The Bertz CT molecular complexity index is 584. The number of ether oxygens (including phenoxy) is 1. The molecular formula is C10H9F3N4OS. The molecule has 2 N–H and O–H groups in total. The lowest BCUT2D eigenvalue weighted by molar-refractivity contribution is -0.137. The number of hydrogen-bond acceptors (Lipinski definition) is 6. The second-order valence-electron chi connectivity index (χ2n) is 3.55. The van der Waals surface area contributed by atoms with E-state index in [4.69, 9.17) is 10.5 Å². The Morgan fingerprint density at radius 1 is 1.37 bits per heavy atom. The van der Waals surface area contributed by atoms with Crippen LogP contribution in [0.15, 0.2) is 12.3 Å². The zero-order valence-corrected chi connectivity index (χ0v) is 10.5. The van der Waals surface area contributed by atoms with Crippen molar-refractivity contribution in [3.8, 4) is 10.6 Å². The van der Waals surface area contributed by atoms with Crippen molar-refractivity contribution >= 4 is 17.2 Å². The van der Waals surface area contributed by atoms with Crippen LogP contribution in [0.4, 0.5) is 19.0 Å². The van der Waals surface area contributed by atoms with Crippen LogP contribution in [-0.2, 0) is 17.5 Å². The zero-order chi connectivity index (χ0) is 14.0. The minimum Gasteiger partial charge on any atom is -0.384 e. The van der Waals surface area contributed by atoms with Crippen LogP contribution in [0.25, 0.3) is 10.6 Å². The van der Waals surface area contributed by atoms with Crippen molar-refractivity contribution in [3.63, 3.8) is 0 Å². The van der Waals surface area contributed by atoms with Gasteiger partial charge in [-0.05, 0) is 0 Å². The molecule has 0 fully saturated rings. The van der Waals surface area contributed by atoms with Crippen molar-refractivity contribution in [1.29, 1.82) is 0 Å². The molecule has 0 bridgehead atoms. The summed E-state index contributed by atoms with van der Waals surface area (Å²) in [6.45, 7) is 0.128. The molecule has 2 heterocycles. The predicted molar refractivity (Wildman–Crippen MR) is 63.3 cm³/mol. The summed E-state index contributed by atoms with van der Waals surface area (Å²) in [5.41, 5.74) is 5.87. The molecule has 102 valence electrons. The van der Waals surface area contributed by atoms with Gasteiger partial charge in [-0.3, -0.25) is 0 Å². The van der Waals surface area contributed by atoms with Gasteiger partial charge in [0.2, 0.25) is 0 Å². The summed E-state index contributed by atoms with van der Waals surface area (Å²) in [5.74, 6) is 0.471. The maximum atomic E-state index is 12.5. The molecular weight excluding hydrogens is 281 g/mol. The molecule has 0 aliphatic heterocycles. The van der Waals surface area contributed by atoms with E-state index in [1.807, 2.05) is 0 Å². The van der Waals surface area contributed by atoms with Crippen LogP contribution >= 0.6 is 11.3 Å². The van der Waals surface area contributed by atoms with Gasteiger partial charge in [0.1, 0.15) is 12.4 Å². The quantitative estimate of drug-likeness (QED) is 0.939. The first-order valence-electron chi connectivity index (χ1n) is 5.06. The third-order valence-corrected chi connectivity index (χ3v) is 3.13. The largest absolute Gasteiger partial charge is 0.443 e. The van der Waals surface area contributed by atoms with Crippen LogP contribution in [0, 0.1) is 0 Å². The molecule has 9 heteroatoms. The highest BCUT2D eigenvalue weighted by molar-refractivity contribution is 7.15. The first-order valence-corrected chi connectivity index (χ1v) is 5.87. The summed E-state index contributed by atoms with van der Waals surface area (Å²) in [7, 11) is 1.46. The number of alkyl halides is 3. The second kappa shape index (κ2) is 5.10. The summed E-state index contributed by atoms with van der Waals surface area (Å²) in [6, 6.07) is 1.40. The van der Waals surface area contributed by atoms with Crippen LogP contribution in [0.2, 0.25) is 0 Å². The van der Waals surface area contributed by atoms with E-state index in [1.165, 1.54) is 13.2 Å². The Labute approximate surface area is 110 Å². The third kappa shape index (κ3) is 3.18. The molecule has 0 amide bonds. The van der Waals surface area contributed by atoms with Crippen LogP contribution < -0.4 is 5.73 Å². The Morgan fingerprint density at radius 3 is 2.68 bits per heavy atom. The monoisotopic (exact) mass is 290 g/mol. The highest BCUT2D eigenvalue weighted by Crippen LogP contribution is 2.35. The van der Waals surface area contributed by atoms with Crippen LogP contribution in [-0.4, -0.2) is 22.1 Å². The highest BCUT2D eigenvalue weighted by Gasteiger charge is 2.34. The Balaban J connectivity index is 2.38. The zero-order valence-electron chi connectivity index (χ0n) is 9.73. The number of thiazole rings is 1. The van der Waals surface area contributed by atoms with Crippen molar-refractivity contribution in [2.45, 2.75) is 12.8 Å². The number of halogens is 3. The minimum atomic E-state index is -4.46. The van der Waals surface area contributed by atoms with Crippen molar-refractivity contribution < 1.29 is 17.9 Å². The molecule has 0 spiro atoms. The normalized spacial score (nSPS) is 11.8. The smallest absolute Gasteiger partial charge is 0.384 e. The summed E-state index contributed by atoms with van der Waals surface area (Å²) < 4.78 is 42.3. The van der Waals surface area contributed by atoms with E-state index < -0.39 is 11.2 Å². The molecule has 0 unspecified atom stereocenters. The molecule has 2 aromatic heterocycles. The van der Waals surface area contributed by atoms with Gasteiger partial charge in [0.25, 0.3) is 0 Å². The van der Waals surface area contributed by atoms with E-state index in [-0.39, 0.29) is 17.3 Å². The average Bonchev–Trinajstić information content (AvgIpc) is 2.77. The van der Waals surface area contributed by atoms with Gasteiger partial charge in [-0.25, -0.2) is 15.0 Å². The van der Waals surface area contributed by atoms with Crippen LogP contribution in [0.5, 0.6) is 0 Å². The number of aromatic nitrogens is 3. The lowest BCUT2D eigenvalue weighted by Gasteiger charge is -2.03. The van der Waals surface area contributed by atoms with E-state index >= 15 is 0 Å². The number of nitrogen functional groups attached to an aromatic ring is 1. The molecule has 2 aromatic rings. The lowest BCUT2D eigenvalue weighted by atomic mass is 10.3. The first-order chi connectivity index (χ1) is 8.90. The molecule has 0 saturated carbocycles. The number of methoxy groups -OCH3 is 1. The van der Waals surface area contributed by atoms with Gasteiger partial charge >= 0.3 is 6.18 Å². The fourth-order valence-electron chi connectivity index (χ4n) is 1.36. The third-order valence-electron chi connectivity index (χ3n) is 2.07. The molecule has 0 aromatic carbocycles. The molecule has 2 rings (SSSR count). The highest BCUT2D eigenvalue weighted by atomic mass is 32.1. The molecule has 0 aliphatic rings. The summed E-state index contributed by atoms with van der Waals surface area (Å²) >= 11 is 0.506. The van der Waals surface area contributed by atoms with E-state index in [0.717, 1.165) is 6.20 Å². The number of nitrogens with zero attached hydrogens (tertiary/aromatic N) is 3. The predicted octanol–water partition coefficient (Wildman–Crippen LogP) is 2.35. The summed E-state index contributed by atoms with van der Waals surface area (Å²) in [5, 5.41) is -0.923. The lowest BCUT2D eigenvalue weighted by Crippen LogP contribution is -2.03. The van der Waals surface area contributed by atoms with Gasteiger partial charge in [-0.2, -0.15) is 13.2 Å². The van der Waals surface area contributed by atoms with E-state index in [2.05, 4.69) is 15.0 Å². The van der Waals surface area contributed by atoms with Crippen molar-refractivity contribution in [2.75, 3.05) is 12.8 Å². The van der Waals surface area contributed by atoms with Gasteiger partial charge in [0.05, 0.1) is 10.6 Å². The number of hydrogen-bond donors (Lipinski definition) is 1. The summed E-state index contributed by atoms with van der Waals surface area (Å²) in [4.78, 5) is 11.6. The second-order valence-corrected chi connectivity index (χ2v) is 4.59. The molecule has 0 atom stereocenters. The van der Waals surface area contributed by atoms with E-state index in [0.29, 0.717) is 22.9 Å². The topological polar surface area (TPSA) is 73.9 Å². The number of nitrogens with two attached hydrogens (primary N) is 1. The number of anilines is 1.